The van der Waals surface area contributed by atoms with Gasteiger partial charge in [0.25, 0.3) is 5.91 Å². The smallest absolute Gasteiger partial charge is 0.251 e. The van der Waals surface area contributed by atoms with Crippen LogP contribution in [0.5, 0.6) is 11.5 Å². The predicted octanol–water partition coefficient (Wildman–Crippen LogP) is 6.03. The van der Waals surface area contributed by atoms with Crippen molar-refractivity contribution in [3.8, 4) is 11.5 Å². The van der Waals surface area contributed by atoms with Crippen molar-refractivity contribution in [1.29, 1.82) is 0 Å². The molecule has 0 aliphatic carbocycles. The highest BCUT2D eigenvalue weighted by Gasteiger charge is 2.14. The molecular formula is C27H30F2N4O2. The zero-order valence-corrected chi connectivity index (χ0v) is 20.4. The number of hydrogen-bond acceptors (Lipinski definition) is 5. The van der Waals surface area contributed by atoms with Gasteiger partial charge in [0.1, 0.15) is 29.0 Å². The Morgan fingerprint density at radius 1 is 1.11 bits per heavy atom. The quantitative estimate of drug-likeness (QED) is 0.386. The number of carbonyl (C=O) groups is 1. The molecule has 1 amide bonds. The molecule has 0 fully saturated rings. The highest BCUT2D eigenvalue weighted by Crippen LogP contribution is 2.28. The lowest BCUT2D eigenvalue weighted by atomic mass is 10.1. The monoisotopic (exact) mass is 480 g/mol. The number of halogens is 2. The molecule has 0 spiro atoms. The average Bonchev–Trinajstić information content (AvgIpc) is 2.79. The second-order valence-electron chi connectivity index (χ2n) is 7.77. The molecule has 0 unspecified atom stereocenters. The lowest BCUT2D eigenvalue weighted by Gasteiger charge is -2.14. The van der Waals surface area contributed by atoms with Crippen LogP contribution in [0, 0.1) is 18.6 Å². The Hall–Kier alpha value is -4.20. The van der Waals surface area contributed by atoms with Crippen LogP contribution < -0.4 is 15.4 Å². The molecule has 3 rings (SSSR count). The molecule has 0 atom stereocenters. The van der Waals surface area contributed by atoms with Crippen LogP contribution in [0.4, 0.5) is 14.6 Å². The van der Waals surface area contributed by atoms with Crippen molar-refractivity contribution in [1.82, 2.24) is 15.2 Å². The van der Waals surface area contributed by atoms with Gasteiger partial charge in [0, 0.05) is 62.0 Å². The van der Waals surface area contributed by atoms with Crippen LogP contribution in [0.2, 0.25) is 0 Å². The maximum Gasteiger partial charge on any atom is 0.251 e. The van der Waals surface area contributed by atoms with Crippen LogP contribution in [0.15, 0.2) is 79.8 Å². The van der Waals surface area contributed by atoms with Crippen molar-refractivity contribution < 1.29 is 18.3 Å². The Morgan fingerprint density at radius 2 is 1.80 bits per heavy atom. The molecule has 0 aliphatic heterocycles. The summed E-state index contributed by atoms with van der Waals surface area (Å²) >= 11 is 0. The summed E-state index contributed by atoms with van der Waals surface area (Å²) in [6.07, 6.45) is 3.56. The van der Waals surface area contributed by atoms with E-state index in [4.69, 9.17) is 4.74 Å². The Kier molecular flexibility index (Phi) is 9.96. The summed E-state index contributed by atoms with van der Waals surface area (Å²) in [5.41, 5.74) is 2.29. The van der Waals surface area contributed by atoms with Crippen LogP contribution in [0.3, 0.4) is 0 Å². The first-order valence-corrected chi connectivity index (χ1v) is 10.8. The second-order valence-corrected chi connectivity index (χ2v) is 7.77. The van der Waals surface area contributed by atoms with Gasteiger partial charge in [-0.2, -0.15) is 0 Å². The number of benzene rings is 2. The zero-order valence-electron chi connectivity index (χ0n) is 20.4. The van der Waals surface area contributed by atoms with E-state index >= 15 is 0 Å². The van der Waals surface area contributed by atoms with Gasteiger partial charge in [0.15, 0.2) is 0 Å². The lowest BCUT2D eigenvalue weighted by molar-refractivity contribution is 0.0950. The topological polar surface area (TPSA) is 66.5 Å². The molecule has 0 saturated heterocycles. The van der Waals surface area contributed by atoms with Crippen molar-refractivity contribution in [3.05, 3.63) is 108 Å². The average molecular weight is 481 g/mol. The molecule has 0 aliphatic rings. The van der Waals surface area contributed by atoms with E-state index < -0.39 is 11.6 Å². The molecule has 2 aromatic carbocycles. The molecule has 1 aromatic heterocycles. The molecule has 1 heterocycles. The van der Waals surface area contributed by atoms with E-state index in [2.05, 4.69) is 28.8 Å². The summed E-state index contributed by atoms with van der Waals surface area (Å²) in [4.78, 5) is 18.9. The molecule has 0 radical (unpaired) electrons. The highest BCUT2D eigenvalue weighted by molar-refractivity contribution is 5.96. The van der Waals surface area contributed by atoms with Gasteiger partial charge in [-0.15, -0.1) is 13.2 Å². The first-order chi connectivity index (χ1) is 16.7. The normalized spacial score (nSPS) is 10.6. The number of ether oxygens (including phenoxy) is 1. The van der Waals surface area contributed by atoms with Crippen LogP contribution in [0.25, 0.3) is 0 Å². The van der Waals surface area contributed by atoms with Crippen molar-refractivity contribution in [2.24, 2.45) is 0 Å². The van der Waals surface area contributed by atoms with E-state index in [9.17, 15) is 13.6 Å². The number of amides is 1. The van der Waals surface area contributed by atoms with Gasteiger partial charge in [-0.25, -0.2) is 13.8 Å². The minimum absolute atomic E-state index is 0.00274. The molecule has 2 N–H and O–H groups in total. The highest BCUT2D eigenvalue weighted by atomic mass is 19.1. The Labute approximate surface area is 205 Å². The van der Waals surface area contributed by atoms with Crippen molar-refractivity contribution in [2.45, 2.75) is 20.4 Å². The van der Waals surface area contributed by atoms with Gasteiger partial charge >= 0.3 is 0 Å². The van der Waals surface area contributed by atoms with Gasteiger partial charge < -0.3 is 20.3 Å². The SMILES string of the molecule is C/C(=C\N(C)C)Nc1cc(Oc2cccc(C(=O)NCc3cc(F)cc(F)c3)c2C)ccn1.C=C. The van der Waals surface area contributed by atoms with E-state index in [1.807, 2.05) is 32.1 Å². The summed E-state index contributed by atoms with van der Waals surface area (Å²) in [5, 5.41) is 5.88. The van der Waals surface area contributed by atoms with E-state index in [-0.39, 0.29) is 12.5 Å². The van der Waals surface area contributed by atoms with E-state index in [1.54, 1.807) is 43.5 Å². The number of pyridine rings is 1. The van der Waals surface area contributed by atoms with Gasteiger partial charge in [-0.1, -0.05) is 6.07 Å². The van der Waals surface area contributed by atoms with E-state index in [0.29, 0.717) is 34.0 Å². The lowest BCUT2D eigenvalue weighted by Crippen LogP contribution is -2.23. The summed E-state index contributed by atoms with van der Waals surface area (Å²) < 4.78 is 32.7. The summed E-state index contributed by atoms with van der Waals surface area (Å²) in [7, 11) is 3.86. The van der Waals surface area contributed by atoms with Crippen LogP contribution >= 0.6 is 0 Å². The first kappa shape index (κ1) is 27.0. The number of hydrogen-bond donors (Lipinski definition) is 2. The Balaban J connectivity index is 0.00000210. The first-order valence-electron chi connectivity index (χ1n) is 10.8. The van der Waals surface area contributed by atoms with Crippen molar-refractivity contribution in [3.63, 3.8) is 0 Å². The molecule has 35 heavy (non-hydrogen) atoms. The number of aromatic nitrogens is 1. The molecular weight excluding hydrogens is 450 g/mol. The third kappa shape index (κ3) is 8.26. The van der Waals surface area contributed by atoms with Gasteiger partial charge in [-0.05, 0) is 49.7 Å². The van der Waals surface area contributed by atoms with Crippen molar-refractivity contribution in [2.75, 3.05) is 19.4 Å². The molecule has 184 valence electrons. The minimum Gasteiger partial charge on any atom is -0.457 e. The molecule has 6 nitrogen and oxygen atoms in total. The standard InChI is InChI=1S/C25H26F2N4O2.C2H4/c1-16(15-31(3)4)30-24-13-21(8-9-28-24)33-23-7-5-6-22(17(23)2)25(32)29-14-18-10-19(26)12-20(27)11-18;1-2/h5-13,15H,14H2,1-4H3,(H,28,30)(H,29,32);1-2H2/b16-15+;. The minimum atomic E-state index is -0.690. The molecule has 8 heteroatoms. The summed E-state index contributed by atoms with van der Waals surface area (Å²) in [5.74, 6) is -0.0619. The van der Waals surface area contributed by atoms with E-state index in [1.165, 1.54) is 12.1 Å². The number of nitrogens with zero attached hydrogens (tertiary/aromatic N) is 2. The number of carbonyl (C=O) groups excluding carboxylic acids is 1. The fraction of sp³-hybridized carbons (Fsp3) is 0.185. The van der Waals surface area contributed by atoms with Crippen LogP contribution in [-0.4, -0.2) is 29.9 Å². The fourth-order valence-electron chi connectivity index (χ4n) is 3.25. The molecule has 0 bridgehead atoms. The van der Waals surface area contributed by atoms with Gasteiger partial charge in [0.2, 0.25) is 0 Å². The second kappa shape index (κ2) is 12.9. The van der Waals surface area contributed by atoms with Crippen molar-refractivity contribution >= 4 is 11.7 Å². The Bertz CT molecular complexity index is 1180. The van der Waals surface area contributed by atoms with Gasteiger partial charge in [-0.3, -0.25) is 4.79 Å². The number of rotatable bonds is 8. The molecule has 3 aromatic rings. The summed E-state index contributed by atoms with van der Waals surface area (Å²) in [6.45, 7) is 9.70. The predicted molar refractivity (Wildman–Crippen MR) is 135 cm³/mol. The molecule has 0 saturated carbocycles. The third-order valence-corrected chi connectivity index (χ3v) is 4.64. The third-order valence-electron chi connectivity index (χ3n) is 4.64. The Morgan fingerprint density at radius 3 is 2.46 bits per heavy atom. The number of nitrogens with one attached hydrogen (secondary N) is 2. The largest absolute Gasteiger partial charge is 0.457 e. The van der Waals surface area contributed by atoms with Crippen LogP contribution in [-0.2, 0) is 6.54 Å². The maximum absolute atomic E-state index is 13.4. The van der Waals surface area contributed by atoms with Gasteiger partial charge in [0.05, 0.1) is 0 Å². The van der Waals surface area contributed by atoms with Crippen LogP contribution in [0.1, 0.15) is 28.4 Å². The maximum atomic E-state index is 13.4. The number of allylic oxidation sites excluding steroid dienone is 1. The van der Waals surface area contributed by atoms with E-state index in [0.717, 1.165) is 11.8 Å². The fourth-order valence-corrected chi connectivity index (χ4v) is 3.25. The zero-order chi connectivity index (χ0) is 26.0. The summed E-state index contributed by atoms with van der Waals surface area (Å²) in [6, 6.07) is 11.8. The number of anilines is 1.